The van der Waals surface area contributed by atoms with Crippen LogP contribution < -0.4 is 5.32 Å². The molecule has 1 amide bonds. The lowest BCUT2D eigenvalue weighted by molar-refractivity contribution is 0.0752. The Morgan fingerprint density at radius 2 is 2.22 bits per heavy atom. The topological polar surface area (TPSA) is 67.4 Å². The van der Waals surface area contributed by atoms with Gasteiger partial charge < -0.3 is 15.0 Å². The van der Waals surface area contributed by atoms with Crippen molar-refractivity contribution in [2.75, 3.05) is 31.6 Å². The van der Waals surface area contributed by atoms with Crippen LogP contribution in [0.3, 0.4) is 0 Å². The van der Waals surface area contributed by atoms with E-state index in [1.54, 1.807) is 6.33 Å². The molecule has 1 aliphatic heterocycles. The third kappa shape index (κ3) is 4.09. The van der Waals surface area contributed by atoms with Crippen molar-refractivity contribution < 1.29 is 9.53 Å². The standard InChI is InChI=1S/C20H28N4O2S/c1-3-8-24(11-14-6-7-14)20(25)17-13(2)16-18(22-12-23-19(16)27-17)21-10-15-5-4-9-26-15/h12,14-15H,3-11H2,1-2H3,(H,21,22,23)/t15-/m1/s1. The van der Waals surface area contributed by atoms with Crippen LogP contribution in [-0.4, -0.2) is 53.1 Å². The molecule has 27 heavy (non-hydrogen) atoms. The molecule has 2 aromatic rings. The molecule has 1 aliphatic carbocycles. The van der Waals surface area contributed by atoms with Crippen LogP contribution in [-0.2, 0) is 4.74 Å². The number of hydrogen-bond acceptors (Lipinski definition) is 6. The molecule has 3 heterocycles. The van der Waals surface area contributed by atoms with Crippen LogP contribution >= 0.6 is 11.3 Å². The monoisotopic (exact) mass is 388 g/mol. The number of ether oxygens (including phenoxy) is 1. The maximum absolute atomic E-state index is 13.2. The average Bonchev–Trinajstić information content (AvgIpc) is 3.21. The zero-order valence-corrected chi connectivity index (χ0v) is 17.0. The van der Waals surface area contributed by atoms with Gasteiger partial charge in [-0.25, -0.2) is 9.97 Å². The van der Waals surface area contributed by atoms with Gasteiger partial charge in [-0.2, -0.15) is 0 Å². The minimum atomic E-state index is 0.148. The first-order chi connectivity index (χ1) is 13.2. The molecule has 6 nitrogen and oxygen atoms in total. The van der Waals surface area contributed by atoms with Gasteiger partial charge in [0, 0.05) is 26.2 Å². The summed E-state index contributed by atoms with van der Waals surface area (Å²) in [7, 11) is 0. The number of thiophene rings is 1. The normalized spacial score (nSPS) is 19.6. The number of aromatic nitrogens is 2. The number of anilines is 1. The summed E-state index contributed by atoms with van der Waals surface area (Å²) in [5.41, 5.74) is 0.993. The number of carbonyl (C=O) groups is 1. The Balaban J connectivity index is 1.58. The first-order valence-electron chi connectivity index (χ1n) is 10.1. The minimum Gasteiger partial charge on any atom is -0.376 e. The largest absolute Gasteiger partial charge is 0.376 e. The number of carbonyl (C=O) groups excluding carboxylic acids is 1. The molecular weight excluding hydrogens is 360 g/mol. The molecule has 1 saturated heterocycles. The zero-order valence-electron chi connectivity index (χ0n) is 16.2. The lowest BCUT2D eigenvalue weighted by Crippen LogP contribution is -2.33. The van der Waals surface area contributed by atoms with E-state index < -0.39 is 0 Å². The van der Waals surface area contributed by atoms with Crippen molar-refractivity contribution in [3.63, 3.8) is 0 Å². The lowest BCUT2D eigenvalue weighted by atomic mass is 10.1. The van der Waals surface area contributed by atoms with Gasteiger partial charge in [0.15, 0.2) is 0 Å². The van der Waals surface area contributed by atoms with Crippen LogP contribution in [0.5, 0.6) is 0 Å². The van der Waals surface area contributed by atoms with E-state index >= 15 is 0 Å². The number of nitrogens with one attached hydrogen (secondary N) is 1. The molecule has 0 unspecified atom stereocenters. The Labute approximate surface area is 164 Å². The summed E-state index contributed by atoms with van der Waals surface area (Å²) < 4.78 is 5.70. The van der Waals surface area contributed by atoms with Crippen LogP contribution in [0.1, 0.15) is 54.3 Å². The summed E-state index contributed by atoms with van der Waals surface area (Å²) in [6.07, 6.45) is 7.52. The van der Waals surface area contributed by atoms with Gasteiger partial charge in [-0.3, -0.25) is 4.79 Å². The Hall–Kier alpha value is -1.73. The van der Waals surface area contributed by atoms with Gasteiger partial charge in [0.2, 0.25) is 0 Å². The van der Waals surface area contributed by atoms with Gasteiger partial charge in [0.05, 0.1) is 16.4 Å². The van der Waals surface area contributed by atoms with E-state index in [0.29, 0.717) is 5.92 Å². The van der Waals surface area contributed by atoms with Crippen molar-refractivity contribution in [1.82, 2.24) is 14.9 Å². The van der Waals surface area contributed by atoms with Crippen molar-refractivity contribution in [2.24, 2.45) is 5.92 Å². The highest BCUT2D eigenvalue weighted by Crippen LogP contribution is 2.35. The third-order valence-corrected chi connectivity index (χ3v) is 6.59. The fourth-order valence-corrected chi connectivity index (χ4v) is 4.84. The summed E-state index contributed by atoms with van der Waals surface area (Å²) >= 11 is 1.49. The predicted molar refractivity (Wildman–Crippen MR) is 109 cm³/mol. The summed E-state index contributed by atoms with van der Waals surface area (Å²) in [4.78, 5) is 25.8. The number of fused-ring (bicyclic) bond motifs is 1. The molecule has 0 bridgehead atoms. The molecule has 1 atom stereocenters. The molecular formula is C20H28N4O2S. The quantitative estimate of drug-likeness (QED) is 0.744. The van der Waals surface area contributed by atoms with Crippen LogP contribution in [0.2, 0.25) is 0 Å². The molecule has 2 aliphatic rings. The van der Waals surface area contributed by atoms with E-state index in [0.717, 1.165) is 72.0 Å². The average molecular weight is 389 g/mol. The molecule has 2 fully saturated rings. The van der Waals surface area contributed by atoms with Gasteiger partial charge in [-0.1, -0.05) is 6.92 Å². The molecule has 0 aromatic carbocycles. The van der Waals surface area contributed by atoms with Gasteiger partial charge >= 0.3 is 0 Å². The van der Waals surface area contributed by atoms with Gasteiger partial charge in [0.1, 0.15) is 17.0 Å². The summed E-state index contributed by atoms with van der Waals surface area (Å²) in [6, 6.07) is 0. The number of nitrogens with zero attached hydrogens (tertiary/aromatic N) is 3. The van der Waals surface area contributed by atoms with E-state index in [9.17, 15) is 4.79 Å². The van der Waals surface area contributed by atoms with E-state index in [2.05, 4.69) is 22.2 Å². The second-order valence-corrected chi connectivity index (χ2v) is 8.67. The fraction of sp³-hybridized carbons (Fsp3) is 0.650. The molecule has 4 rings (SSSR count). The van der Waals surface area contributed by atoms with Crippen molar-refractivity contribution >= 4 is 33.3 Å². The Morgan fingerprint density at radius 3 is 2.93 bits per heavy atom. The highest BCUT2D eigenvalue weighted by molar-refractivity contribution is 7.20. The summed E-state index contributed by atoms with van der Waals surface area (Å²) in [6.45, 7) is 7.44. The van der Waals surface area contributed by atoms with E-state index in [1.807, 2.05) is 11.8 Å². The molecule has 146 valence electrons. The second-order valence-electron chi connectivity index (χ2n) is 7.67. The summed E-state index contributed by atoms with van der Waals surface area (Å²) in [5.74, 6) is 1.65. The zero-order chi connectivity index (χ0) is 18.8. The van der Waals surface area contributed by atoms with E-state index in [4.69, 9.17) is 4.74 Å². The lowest BCUT2D eigenvalue weighted by Gasteiger charge is -2.21. The van der Waals surface area contributed by atoms with Crippen LogP contribution in [0.4, 0.5) is 5.82 Å². The first-order valence-corrected chi connectivity index (χ1v) is 10.9. The number of rotatable bonds is 8. The highest BCUT2D eigenvalue weighted by atomic mass is 32.1. The van der Waals surface area contributed by atoms with E-state index in [-0.39, 0.29) is 12.0 Å². The van der Waals surface area contributed by atoms with Crippen molar-refractivity contribution in [2.45, 2.75) is 52.1 Å². The fourth-order valence-electron chi connectivity index (χ4n) is 3.73. The first kappa shape index (κ1) is 18.6. The van der Waals surface area contributed by atoms with Crippen LogP contribution in [0, 0.1) is 12.8 Å². The van der Waals surface area contributed by atoms with Gasteiger partial charge in [-0.05, 0) is 50.5 Å². The minimum absolute atomic E-state index is 0.148. The summed E-state index contributed by atoms with van der Waals surface area (Å²) in [5, 5.41) is 4.40. The second kappa shape index (κ2) is 8.10. The molecule has 2 aromatic heterocycles. The van der Waals surface area contributed by atoms with Crippen LogP contribution in [0.15, 0.2) is 6.33 Å². The predicted octanol–water partition coefficient (Wildman–Crippen LogP) is 3.85. The number of aryl methyl sites for hydroxylation is 1. The molecule has 1 saturated carbocycles. The number of hydrogen-bond donors (Lipinski definition) is 1. The highest BCUT2D eigenvalue weighted by Gasteiger charge is 2.29. The maximum atomic E-state index is 13.2. The van der Waals surface area contributed by atoms with Gasteiger partial charge in [0.25, 0.3) is 5.91 Å². The maximum Gasteiger partial charge on any atom is 0.264 e. The number of amides is 1. The molecule has 0 radical (unpaired) electrons. The third-order valence-electron chi connectivity index (χ3n) is 5.40. The van der Waals surface area contributed by atoms with Crippen molar-refractivity contribution in [3.8, 4) is 0 Å². The SMILES string of the molecule is CCCN(CC1CC1)C(=O)c1sc2ncnc(NC[C@H]3CCCO3)c2c1C. The van der Waals surface area contributed by atoms with Crippen molar-refractivity contribution in [3.05, 3.63) is 16.8 Å². The molecule has 1 N–H and O–H groups in total. The van der Waals surface area contributed by atoms with Gasteiger partial charge in [-0.15, -0.1) is 11.3 Å². The Bertz CT molecular complexity index is 812. The molecule has 7 heteroatoms. The van der Waals surface area contributed by atoms with Crippen LogP contribution in [0.25, 0.3) is 10.2 Å². The van der Waals surface area contributed by atoms with E-state index in [1.165, 1.54) is 24.2 Å². The Morgan fingerprint density at radius 1 is 1.37 bits per heavy atom. The van der Waals surface area contributed by atoms with Crippen molar-refractivity contribution in [1.29, 1.82) is 0 Å². The molecule has 0 spiro atoms. The smallest absolute Gasteiger partial charge is 0.264 e. The Kier molecular flexibility index (Phi) is 5.59.